The zero-order valence-corrected chi connectivity index (χ0v) is 19.6. The first kappa shape index (κ1) is 22.8. The number of aliphatic carboxylic acids is 1. The van der Waals surface area contributed by atoms with Gasteiger partial charge in [-0.2, -0.15) is 0 Å². The van der Waals surface area contributed by atoms with E-state index in [0.717, 1.165) is 28.0 Å². The third kappa shape index (κ3) is 4.03. The van der Waals surface area contributed by atoms with E-state index in [4.69, 9.17) is 28.9 Å². The second-order valence-corrected chi connectivity index (χ2v) is 10.7. The molecule has 2 atom stereocenters. The van der Waals surface area contributed by atoms with Gasteiger partial charge in [0.25, 0.3) is 11.8 Å². The van der Waals surface area contributed by atoms with Crippen molar-refractivity contribution in [2.24, 2.45) is 5.16 Å². The number of oxime groups is 1. The third-order valence-electron chi connectivity index (χ3n) is 4.69. The van der Waals surface area contributed by atoms with Gasteiger partial charge in [-0.25, -0.2) is 14.8 Å². The summed E-state index contributed by atoms with van der Waals surface area (Å²) in [6.45, 7) is 0. The van der Waals surface area contributed by atoms with E-state index in [1.54, 1.807) is 5.38 Å². The molecule has 5 N–H and O–H groups in total. The Bertz CT molecular complexity index is 1190. The first-order valence-electron chi connectivity index (χ1n) is 8.74. The topological polar surface area (TPSA) is 171 Å². The number of allylic oxidation sites excluding steroid dienone is 1. The smallest absolute Gasteiger partial charge is 0.353 e. The number of halogens is 2. The maximum Gasteiger partial charge on any atom is 0.353 e. The summed E-state index contributed by atoms with van der Waals surface area (Å²) in [6.07, 6.45) is 0.768. The molecule has 2 aliphatic heterocycles. The van der Waals surface area contributed by atoms with E-state index >= 15 is 0 Å². The lowest BCUT2D eigenvalue weighted by Crippen LogP contribution is -2.72. The Labute approximate surface area is 201 Å². The summed E-state index contributed by atoms with van der Waals surface area (Å²) in [5, 5.41) is 26.4. The Hall–Kier alpha value is -2.39. The molecule has 0 unspecified atom stereocenters. The maximum absolute atomic E-state index is 12.8. The van der Waals surface area contributed by atoms with Crippen LogP contribution < -0.4 is 11.1 Å². The molecule has 1 saturated heterocycles. The number of thiazole rings is 2. The number of nitrogens with one attached hydrogen (secondary N) is 1. The van der Waals surface area contributed by atoms with E-state index in [9.17, 15) is 24.7 Å². The maximum atomic E-state index is 12.8. The number of rotatable bonds is 6. The lowest BCUT2D eigenvalue weighted by atomic mass is 9.86. The van der Waals surface area contributed by atoms with Crippen molar-refractivity contribution in [2.75, 3.05) is 5.73 Å². The molecule has 0 aliphatic carbocycles. The van der Waals surface area contributed by atoms with Gasteiger partial charge < -0.3 is 21.4 Å². The summed E-state index contributed by atoms with van der Waals surface area (Å²) >= 11 is 15.1. The number of aromatic nitrogens is 2. The van der Waals surface area contributed by atoms with Crippen molar-refractivity contribution in [2.45, 2.75) is 29.3 Å². The number of β-lactam (4-membered cyclic amide) rings is 1. The molecule has 16 heteroatoms. The van der Waals surface area contributed by atoms with Gasteiger partial charge in [-0.3, -0.25) is 14.5 Å². The fourth-order valence-electron chi connectivity index (χ4n) is 3.39. The van der Waals surface area contributed by atoms with Crippen LogP contribution in [0.5, 0.6) is 0 Å². The van der Waals surface area contributed by atoms with Crippen molar-refractivity contribution in [3.05, 3.63) is 31.2 Å². The number of carboxylic acid groups (broad SMARTS) is 1. The minimum atomic E-state index is -1.26. The lowest BCUT2D eigenvalue weighted by Gasteiger charge is -2.49. The number of nitrogens with two attached hydrogens (primary N) is 1. The number of hydrogen-bond acceptors (Lipinski definition) is 11. The summed E-state index contributed by atoms with van der Waals surface area (Å²) in [6, 6.07) is -1.57. The van der Waals surface area contributed by atoms with Gasteiger partial charge in [-0.15, -0.1) is 11.3 Å². The molecule has 0 spiro atoms. The molecule has 4 rings (SSSR count). The van der Waals surface area contributed by atoms with Gasteiger partial charge in [0.15, 0.2) is 15.2 Å². The summed E-state index contributed by atoms with van der Waals surface area (Å²) in [7, 11) is 0. The quantitative estimate of drug-likeness (QED) is 0.187. The van der Waals surface area contributed by atoms with Crippen molar-refractivity contribution in [3.8, 4) is 0 Å². The standard InChI is InChI=1S/C16H12Cl2N6O5S3/c17-6-3-30-16(20-6)31-5-2-1-4-7(13(26)24(4)10(5)14(27)28)21-12(25)9(23-29)8-11(18)32-15(19)22-8/h3-4,7,29H,1-2H2,(H2,19,22)(H,21,25)(H,27,28)/b23-9-/t4-,7+/m1/s1. The predicted octanol–water partition coefficient (Wildman–Crippen LogP) is 2.24. The van der Waals surface area contributed by atoms with Gasteiger partial charge >= 0.3 is 5.97 Å². The van der Waals surface area contributed by atoms with Gasteiger partial charge in [-0.1, -0.05) is 51.5 Å². The molecule has 168 valence electrons. The summed E-state index contributed by atoms with van der Waals surface area (Å²) in [5.74, 6) is -2.76. The number of anilines is 1. The first-order valence-corrected chi connectivity index (χ1v) is 12.0. The van der Waals surface area contributed by atoms with Crippen molar-refractivity contribution in [1.82, 2.24) is 20.2 Å². The number of fused-ring (bicyclic) bond motifs is 1. The Morgan fingerprint density at radius 3 is 2.69 bits per heavy atom. The molecule has 0 saturated carbocycles. The molecule has 2 aromatic rings. The Morgan fingerprint density at radius 1 is 1.38 bits per heavy atom. The second kappa shape index (κ2) is 8.86. The lowest BCUT2D eigenvalue weighted by molar-refractivity contribution is -0.155. The molecule has 4 heterocycles. The number of carboxylic acids is 1. The minimum absolute atomic E-state index is 0.0460. The highest BCUT2D eigenvalue weighted by Crippen LogP contribution is 2.44. The van der Waals surface area contributed by atoms with Crippen LogP contribution in [-0.2, 0) is 14.4 Å². The van der Waals surface area contributed by atoms with E-state index in [1.807, 2.05) is 0 Å². The number of amides is 2. The zero-order valence-electron chi connectivity index (χ0n) is 15.6. The number of nitrogens with zero attached hydrogens (tertiary/aromatic N) is 4. The van der Waals surface area contributed by atoms with Crippen LogP contribution in [-0.4, -0.2) is 60.8 Å². The number of nitrogen functional groups attached to an aromatic ring is 1. The van der Waals surface area contributed by atoms with E-state index in [1.165, 1.54) is 11.3 Å². The van der Waals surface area contributed by atoms with E-state index in [0.29, 0.717) is 27.2 Å². The molecule has 2 aromatic heterocycles. The fourth-order valence-corrected chi connectivity index (χ4v) is 6.54. The Morgan fingerprint density at radius 2 is 2.12 bits per heavy atom. The Balaban J connectivity index is 1.53. The predicted molar refractivity (Wildman–Crippen MR) is 119 cm³/mol. The average Bonchev–Trinajstić information content (AvgIpc) is 3.30. The van der Waals surface area contributed by atoms with Gasteiger partial charge in [-0.05, 0) is 12.8 Å². The second-order valence-electron chi connectivity index (χ2n) is 6.50. The zero-order chi connectivity index (χ0) is 23.2. The van der Waals surface area contributed by atoms with Gasteiger partial charge in [0, 0.05) is 10.3 Å². The van der Waals surface area contributed by atoms with Crippen LogP contribution in [0.25, 0.3) is 0 Å². The van der Waals surface area contributed by atoms with Crippen LogP contribution in [0.1, 0.15) is 18.5 Å². The average molecular weight is 535 g/mol. The van der Waals surface area contributed by atoms with Crippen molar-refractivity contribution in [1.29, 1.82) is 0 Å². The molecule has 1 fully saturated rings. The first-order chi connectivity index (χ1) is 15.2. The van der Waals surface area contributed by atoms with Crippen LogP contribution in [0.4, 0.5) is 5.13 Å². The molecule has 32 heavy (non-hydrogen) atoms. The van der Waals surface area contributed by atoms with E-state index in [-0.39, 0.29) is 20.9 Å². The van der Waals surface area contributed by atoms with Gasteiger partial charge in [0.05, 0.1) is 6.04 Å². The molecule has 0 bridgehead atoms. The van der Waals surface area contributed by atoms with Crippen LogP contribution in [0.3, 0.4) is 0 Å². The van der Waals surface area contributed by atoms with Crippen LogP contribution in [0.15, 0.2) is 25.5 Å². The van der Waals surface area contributed by atoms with Crippen LogP contribution in [0.2, 0.25) is 9.49 Å². The summed E-state index contributed by atoms with van der Waals surface area (Å²) in [4.78, 5) is 46.9. The molecular weight excluding hydrogens is 523 g/mol. The van der Waals surface area contributed by atoms with E-state index in [2.05, 4.69) is 20.4 Å². The van der Waals surface area contributed by atoms with Gasteiger partial charge in [0.1, 0.15) is 26.9 Å². The minimum Gasteiger partial charge on any atom is -0.477 e. The molecule has 2 aliphatic rings. The normalized spacial score (nSPS) is 20.8. The molecule has 2 amide bonds. The SMILES string of the molecule is Nc1nc(/C(=N/O)C(=O)N[C@@H]2C(=O)N3C(C(=O)O)=C(Sc4nc(Cl)cs4)CC[C@H]23)c(Cl)s1. The molecule has 0 radical (unpaired) electrons. The molecular formula is C16H12Cl2N6O5S3. The number of carbonyl (C=O) groups is 3. The Kier molecular flexibility index (Phi) is 6.31. The van der Waals surface area contributed by atoms with Crippen LogP contribution in [0, 0.1) is 0 Å². The molecule has 0 aromatic carbocycles. The fraction of sp³-hybridized carbons (Fsp3) is 0.250. The van der Waals surface area contributed by atoms with Crippen molar-refractivity contribution >= 4 is 86.3 Å². The summed E-state index contributed by atoms with van der Waals surface area (Å²) < 4.78 is 0.605. The highest BCUT2D eigenvalue weighted by atomic mass is 35.5. The number of thioether (sulfide) groups is 1. The highest BCUT2D eigenvalue weighted by molar-refractivity contribution is 8.04. The third-order valence-corrected chi connectivity index (χ3v) is 8.18. The monoisotopic (exact) mass is 534 g/mol. The highest BCUT2D eigenvalue weighted by Gasteiger charge is 2.54. The van der Waals surface area contributed by atoms with E-state index < -0.39 is 35.6 Å². The van der Waals surface area contributed by atoms with Crippen LogP contribution >= 0.6 is 57.6 Å². The van der Waals surface area contributed by atoms with Gasteiger partial charge in [0.2, 0.25) is 0 Å². The number of carbonyl (C=O) groups excluding carboxylic acids is 2. The van der Waals surface area contributed by atoms with Crippen molar-refractivity contribution in [3.63, 3.8) is 0 Å². The number of hydrogen-bond donors (Lipinski definition) is 4. The summed E-state index contributed by atoms with van der Waals surface area (Å²) in [5.41, 5.74) is 4.78. The largest absolute Gasteiger partial charge is 0.477 e. The molecule has 11 nitrogen and oxygen atoms in total. The van der Waals surface area contributed by atoms with Crippen molar-refractivity contribution < 1.29 is 24.7 Å².